The minimum Gasteiger partial charge on any atom is -0.460 e. The number of carbonyl (C=O) groups excluding carboxylic acids is 1. The molecule has 1 aromatic carbocycles. The molecule has 2 heterocycles. The lowest BCUT2D eigenvalue weighted by atomic mass is 10.1. The molecule has 0 amide bonds. The van der Waals surface area contributed by atoms with Gasteiger partial charge in [0.1, 0.15) is 24.9 Å². The second kappa shape index (κ2) is 7.05. The summed E-state index contributed by atoms with van der Waals surface area (Å²) in [6.45, 7) is 5.71. The van der Waals surface area contributed by atoms with Gasteiger partial charge in [0.2, 0.25) is 15.6 Å². The van der Waals surface area contributed by atoms with Crippen molar-refractivity contribution in [1.29, 1.82) is 0 Å². The largest absolute Gasteiger partial charge is 0.460 e. The van der Waals surface area contributed by atoms with Crippen LogP contribution in [0.2, 0.25) is 0 Å². The molecule has 10 heteroatoms. The van der Waals surface area contributed by atoms with E-state index in [0.29, 0.717) is 0 Å². The summed E-state index contributed by atoms with van der Waals surface area (Å²) in [7, 11) is -4.24. The Labute approximate surface area is 163 Å². The molecule has 2 aliphatic heterocycles. The normalized spacial score (nSPS) is 32.7. The van der Waals surface area contributed by atoms with E-state index in [0.717, 1.165) is 5.56 Å². The SMILES string of the molecule is CC(=O)OC[C@@]12O[C@@H](C(O)S(=O)(=O)c3ccc(C)cc3)[C@@H](O)[C@@H]1OC(C)(C)O2. The summed E-state index contributed by atoms with van der Waals surface area (Å²) in [5, 5.41) is 21.2. The summed E-state index contributed by atoms with van der Waals surface area (Å²) in [5.41, 5.74) is -1.23. The molecular formula is C18H24O9S. The zero-order valence-electron chi connectivity index (χ0n) is 16.0. The minimum absolute atomic E-state index is 0.116. The van der Waals surface area contributed by atoms with Crippen LogP contribution in [0.3, 0.4) is 0 Å². The minimum atomic E-state index is -4.24. The van der Waals surface area contributed by atoms with Crippen molar-refractivity contribution in [3.63, 3.8) is 0 Å². The van der Waals surface area contributed by atoms with E-state index >= 15 is 0 Å². The van der Waals surface area contributed by atoms with Crippen LogP contribution >= 0.6 is 0 Å². The zero-order valence-corrected chi connectivity index (χ0v) is 16.8. The highest BCUT2D eigenvalue weighted by Gasteiger charge is 2.67. The number of benzene rings is 1. The molecule has 0 aliphatic carbocycles. The van der Waals surface area contributed by atoms with Crippen molar-refractivity contribution in [2.45, 2.75) is 67.9 Å². The molecule has 0 aromatic heterocycles. The van der Waals surface area contributed by atoms with Crippen molar-refractivity contribution in [3.8, 4) is 0 Å². The average Bonchev–Trinajstić information content (AvgIpc) is 3.01. The van der Waals surface area contributed by atoms with E-state index in [-0.39, 0.29) is 4.90 Å². The van der Waals surface area contributed by atoms with Gasteiger partial charge in [-0.05, 0) is 32.9 Å². The fourth-order valence-electron chi connectivity index (χ4n) is 3.41. The zero-order chi connectivity index (χ0) is 20.9. The molecule has 2 fully saturated rings. The van der Waals surface area contributed by atoms with Gasteiger partial charge in [-0.1, -0.05) is 17.7 Å². The van der Waals surface area contributed by atoms with Gasteiger partial charge < -0.3 is 29.2 Å². The second-order valence-electron chi connectivity index (χ2n) is 7.45. The van der Waals surface area contributed by atoms with Crippen molar-refractivity contribution < 1.29 is 42.4 Å². The molecule has 0 spiro atoms. The first-order valence-corrected chi connectivity index (χ1v) is 10.3. The van der Waals surface area contributed by atoms with E-state index in [9.17, 15) is 23.4 Å². The smallest absolute Gasteiger partial charge is 0.302 e. The molecule has 3 rings (SSSR count). The number of fused-ring (bicyclic) bond motifs is 1. The Hall–Kier alpha value is -1.56. The maximum absolute atomic E-state index is 12.8. The van der Waals surface area contributed by atoms with Crippen LogP contribution in [-0.2, 0) is 33.6 Å². The number of aliphatic hydroxyl groups is 2. The van der Waals surface area contributed by atoms with Gasteiger partial charge in [0.15, 0.2) is 11.2 Å². The van der Waals surface area contributed by atoms with Crippen molar-refractivity contribution in [3.05, 3.63) is 29.8 Å². The van der Waals surface area contributed by atoms with Gasteiger partial charge in [-0.25, -0.2) is 8.42 Å². The van der Waals surface area contributed by atoms with E-state index in [1.165, 1.54) is 19.1 Å². The van der Waals surface area contributed by atoms with E-state index in [1.54, 1.807) is 32.9 Å². The lowest BCUT2D eigenvalue weighted by Gasteiger charge is -2.29. The first-order chi connectivity index (χ1) is 12.9. The summed E-state index contributed by atoms with van der Waals surface area (Å²) < 4.78 is 47.6. The van der Waals surface area contributed by atoms with Crippen LogP contribution in [0, 0.1) is 6.92 Å². The average molecular weight is 416 g/mol. The molecule has 28 heavy (non-hydrogen) atoms. The lowest BCUT2D eigenvalue weighted by Crippen LogP contribution is -2.45. The predicted molar refractivity (Wildman–Crippen MR) is 94.7 cm³/mol. The van der Waals surface area contributed by atoms with E-state index < -0.39 is 57.7 Å². The van der Waals surface area contributed by atoms with Gasteiger partial charge in [-0.2, -0.15) is 0 Å². The maximum atomic E-state index is 12.8. The molecule has 0 radical (unpaired) electrons. The summed E-state index contributed by atoms with van der Waals surface area (Å²) in [6, 6.07) is 5.91. The van der Waals surface area contributed by atoms with Gasteiger partial charge in [0.05, 0.1) is 4.90 Å². The van der Waals surface area contributed by atoms with Gasteiger partial charge in [0.25, 0.3) is 0 Å². The lowest BCUT2D eigenvalue weighted by molar-refractivity contribution is -0.280. The first-order valence-electron chi connectivity index (χ1n) is 8.74. The Balaban J connectivity index is 1.89. The number of ether oxygens (including phenoxy) is 4. The highest BCUT2D eigenvalue weighted by atomic mass is 32.2. The third-order valence-corrected chi connectivity index (χ3v) is 6.50. The molecule has 9 nitrogen and oxygen atoms in total. The molecule has 0 saturated carbocycles. The Morgan fingerprint density at radius 2 is 1.86 bits per heavy atom. The van der Waals surface area contributed by atoms with Crippen molar-refractivity contribution in [1.82, 2.24) is 0 Å². The van der Waals surface area contributed by atoms with Crippen LogP contribution in [0.4, 0.5) is 0 Å². The quantitative estimate of drug-likeness (QED) is 0.649. The Kier molecular flexibility index (Phi) is 5.32. The van der Waals surface area contributed by atoms with E-state index in [4.69, 9.17) is 18.9 Å². The Morgan fingerprint density at radius 1 is 1.25 bits per heavy atom. The number of esters is 1. The molecule has 5 atom stereocenters. The summed E-state index contributed by atoms with van der Waals surface area (Å²) >= 11 is 0. The van der Waals surface area contributed by atoms with Crippen LogP contribution in [0.1, 0.15) is 26.3 Å². The summed E-state index contributed by atoms with van der Waals surface area (Å²) in [5.74, 6) is -3.52. The van der Waals surface area contributed by atoms with Gasteiger partial charge in [0, 0.05) is 6.92 Å². The Morgan fingerprint density at radius 3 is 2.43 bits per heavy atom. The highest BCUT2D eigenvalue weighted by Crippen LogP contribution is 2.47. The van der Waals surface area contributed by atoms with Gasteiger partial charge >= 0.3 is 5.97 Å². The van der Waals surface area contributed by atoms with Crippen LogP contribution in [-0.4, -0.2) is 66.5 Å². The summed E-state index contributed by atoms with van der Waals surface area (Å²) in [4.78, 5) is 11.1. The number of aliphatic hydroxyl groups excluding tert-OH is 2. The number of sulfone groups is 1. The fourth-order valence-corrected chi connectivity index (χ4v) is 4.77. The molecule has 2 saturated heterocycles. The molecule has 2 N–H and O–H groups in total. The van der Waals surface area contributed by atoms with E-state index in [2.05, 4.69) is 0 Å². The van der Waals surface area contributed by atoms with Crippen molar-refractivity contribution in [2.75, 3.05) is 6.61 Å². The van der Waals surface area contributed by atoms with Crippen LogP contribution in [0.5, 0.6) is 0 Å². The molecule has 1 aromatic rings. The number of hydrogen-bond donors (Lipinski definition) is 2. The number of hydrogen-bond acceptors (Lipinski definition) is 9. The van der Waals surface area contributed by atoms with Crippen LogP contribution in [0.15, 0.2) is 29.2 Å². The maximum Gasteiger partial charge on any atom is 0.302 e. The molecular weight excluding hydrogens is 392 g/mol. The monoisotopic (exact) mass is 416 g/mol. The van der Waals surface area contributed by atoms with Gasteiger partial charge in [-0.15, -0.1) is 0 Å². The summed E-state index contributed by atoms with van der Waals surface area (Å²) in [6.07, 6.45) is -4.26. The third kappa shape index (κ3) is 3.68. The fraction of sp³-hybridized carbons (Fsp3) is 0.611. The van der Waals surface area contributed by atoms with Crippen molar-refractivity contribution >= 4 is 15.8 Å². The molecule has 156 valence electrons. The van der Waals surface area contributed by atoms with Crippen LogP contribution < -0.4 is 0 Å². The number of rotatable bonds is 5. The molecule has 1 unspecified atom stereocenters. The number of carbonyl (C=O) groups is 1. The van der Waals surface area contributed by atoms with Crippen LogP contribution in [0.25, 0.3) is 0 Å². The van der Waals surface area contributed by atoms with E-state index in [1.807, 2.05) is 0 Å². The highest BCUT2D eigenvalue weighted by molar-refractivity contribution is 7.92. The Bertz CT molecular complexity index is 848. The van der Waals surface area contributed by atoms with Crippen molar-refractivity contribution in [2.24, 2.45) is 0 Å². The third-order valence-electron chi connectivity index (χ3n) is 4.67. The molecule has 0 bridgehead atoms. The first kappa shape index (κ1) is 21.2. The number of aryl methyl sites for hydroxylation is 1. The molecule has 2 aliphatic rings. The topological polar surface area (TPSA) is 129 Å². The second-order valence-corrected chi connectivity index (χ2v) is 9.50. The standard InChI is InChI=1S/C18H24O9S/c1-10-5-7-12(8-6-10)28(22,23)16(21)14-13(20)15-18(25-14,9-24-11(2)19)27-17(3,4)26-15/h5-8,13-16,20-21H,9H2,1-4H3/t13-,14-,15+,16?,18+/m1/s1. The van der Waals surface area contributed by atoms with Gasteiger partial charge in [-0.3, -0.25) is 4.79 Å². The predicted octanol–water partition coefficient (Wildman–Crippen LogP) is 0.258.